The number of anilines is 1. The molecule has 0 radical (unpaired) electrons. The Balaban J connectivity index is 1.83. The monoisotopic (exact) mass is 319 g/mol. The van der Waals surface area contributed by atoms with E-state index in [4.69, 9.17) is 5.73 Å². The zero-order valence-corrected chi connectivity index (χ0v) is 13.3. The van der Waals surface area contributed by atoms with Gasteiger partial charge < -0.3 is 10.8 Å². The van der Waals surface area contributed by atoms with Crippen molar-refractivity contribution in [2.24, 2.45) is 5.92 Å². The molecule has 3 N–H and O–H groups in total. The second-order valence-corrected chi connectivity index (χ2v) is 6.09. The minimum absolute atomic E-state index is 0.150. The third-order valence-electron chi connectivity index (χ3n) is 4.40. The van der Waals surface area contributed by atoms with Crippen molar-refractivity contribution < 1.29 is 5.11 Å². The van der Waals surface area contributed by atoms with Gasteiger partial charge in [0.2, 0.25) is 0 Å². The lowest BCUT2D eigenvalue weighted by molar-refractivity contribution is 0.0757. The Morgan fingerprint density at radius 2 is 2.04 bits per heavy atom. The number of benzene rings is 1. The normalized spacial score (nSPS) is 16.4. The number of nitrogens with two attached hydrogens (primary N) is 1. The number of nitrogen functional groups attached to an aromatic ring is 1. The van der Waals surface area contributed by atoms with Crippen LogP contribution in [-0.2, 0) is 5.60 Å². The minimum atomic E-state index is -1.17. The van der Waals surface area contributed by atoms with Crippen molar-refractivity contribution in [3.8, 4) is 11.8 Å². The van der Waals surface area contributed by atoms with Gasteiger partial charge in [0, 0.05) is 5.92 Å². The number of hydrogen-bond donors (Lipinski definition) is 2. The highest BCUT2D eigenvalue weighted by Crippen LogP contribution is 2.45. The lowest BCUT2D eigenvalue weighted by atomic mass is 9.89. The predicted molar refractivity (Wildman–Crippen MR) is 89.9 cm³/mol. The molecule has 3 aromatic rings. The minimum Gasteiger partial charge on any atom is -0.382 e. The lowest BCUT2D eigenvalue weighted by Gasteiger charge is -2.22. The molecule has 120 valence electrons. The summed E-state index contributed by atoms with van der Waals surface area (Å²) in [6.07, 6.45) is 3.34. The highest BCUT2D eigenvalue weighted by molar-refractivity contribution is 5.58. The first-order valence-corrected chi connectivity index (χ1v) is 7.86. The summed E-state index contributed by atoms with van der Waals surface area (Å²) < 4.78 is 1.45. The molecule has 0 saturated heterocycles. The van der Waals surface area contributed by atoms with Gasteiger partial charge >= 0.3 is 0 Å². The average Bonchev–Trinajstić information content (AvgIpc) is 3.35. The maximum atomic E-state index is 11.2. The molecule has 1 saturated carbocycles. The molecule has 0 aliphatic heterocycles. The fourth-order valence-corrected chi connectivity index (χ4v) is 2.89. The van der Waals surface area contributed by atoms with E-state index in [1.807, 2.05) is 37.3 Å². The number of hydrogen-bond acceptors (Lipinski definition) is 5. The SMILES string of the molecule is Cc1nc2ncnn2c(N)c1C#CC(O)(c1ccccc1)C1CC1. The summed E-state index contributed by atoms with van der Waals surface area (Å²) >= 11 is 0. The van der Waals surface area contributed by atoms with Crippen LogP contribution in [0.3, 0.4) is 0 Å². The first-order chi connectivity index (χ1) is 11.6. The van der Waals surface area contributed by atoms with E-state index < -0.39 is 5.60 Å². The largest absolute Gasteiger partial charge is 0.382 e. The lowest BCUT2D eigenvalue weighted by Crippen LogP contribution is -2.26. The van der Waals surface area contributed by atoms with E-state index in [1.165, 1.54) is 10.8 Å². The van der Waals surface area contributed by atoms with Crippen molar-refractivity contribution in [1.82, 2.24) is 19.6 Å². The molecular formula is C18H17N5O. The zero-order chi connectivity index (χ0) is 16.7. The van der Waals surface area contributed by atoms with Crippen molar-refractivity contribution >= 4 is 11.6 Å². The molecule has 1 aliphatic rings. The summed E-state index contributed by atoms with van der Waals surface area (Å²) in [5, 5.41) is 15.2. The van der Waals surface area contributed by atoms with Crippen LogP contribution in [0.25, 0.3) is 5.78 Å². The van der Waals surface area contributed by atoms with Crippen LogP contribution in [0.2, 0.25) is 0 Å². The standard InChI is InChI=1S/C18H17N5O/c1-12-15(16(19)23-17(22-12)20-11-21-23)9-10-18(24,14-7-8-14)13-5-3-2-4-6-13/h2-6,11,14,24H,7-8,19H2,1H3. The van der Waals surface area contributed by atoms with Crippen molar-refractivity contribution in [3.63, 3.8) is 0 Å². The van der Waals surface area contributed by atoms with Gasteiger partial charge in [-0.25, -0.2) is 4.98 Å². The van der Waals surface area contributed by atoms with Gasteiger partial charge in [0.25, 0.3) is 5.78 Å². The molecule has 4 rings (SSSR count). The fourth-order valence-electron chi connectivity index (χ4n) is 2.89. The molecule has 1 atom stereocenters. The molecule has 24 heavy (non-hydrogen) atoms. The van der Waals surface area contributed by atoms with Crippen LogP contribution >= 0.6 is 0 Å². The molecule has 1 fully saturated rings. The summed E-state index contributed by atoms with van der Waals surface area (Å²) in [5.74, 6) is 7.07. The molecule has 0 spiro atoms. The van der Waals surface area contributed by atoms with Gasteiger partial charge in [-0.05, 0) is 25.3 Å². The second-order valence-electron chi connectivity index (χ2n) is 6.09. The van der Waals surface area contributed by atoms with Gasteiger partial charge in [0.1, 0.15) is 12.1 Å². The molecule has 0 bridgehead atoms. The molecule has 1 aliphatic carbocycles. The molecule has 0 amide bonds. The van der Waals surface area contributed by atoms with Gasteiger partial charge in [-0.1, -0.05) is 42.2 Å². The third kappa shape index (κ3) is 2.30. The van der Waals surface area contributed by atoms with Crippen LogP contribution in [0.5, 0.6) is 0 Å². The topological polar surface area (TPSA) is 89.3 Å². The molecule has 1 aromatic carbocycles. The molecule has 1 unspecified atom stereocenters. The van der Waals surface area contributed by atoms with Crippen LogP contribution in [0.4, 0.5) is 5.82 Å². The molecule has 2 heterocycles. The third-order valence-corrected chi connectivity index (χ3v) is 4.40. The maximum Gasteiger partial charge on any atom is 0.254 e. The Hall–Kier alpha value is -2.91. The van der Waals surface area contributed by atoms with Gasteiger partial charge in [0.15, 0.2) is 5.60 Å². The number of aryl methyl sites for hydroxylation is 1. The highest BCUT2D eigenvalue weighted by Gasteiger charge is 2.44. The van der Waals surface area contributed by atoms with E-state index >= 15 is 0 Å². The smallest absolute Gasteiger partial charge is 0.254 e. The maximum absolute atomic E-state index is 11.2. The van der Waals surface area contributed by atoms with E-state index in [0.717, 1.165) is 18.4 Å². The van der Waals surface area contributed by atoms with Crippen LogP contribution in [0.1, 0.15) is 29.7 Å². The molecule has 6 nitrogen and oxygen atoms in total. The number of nitrogens with zero attached hydrogens (tertiary/aromatic N) is 4. The van der Waals surface area contributed by atoms with Crippen molar-refractivity contribution in [2.75, 3.05) is 5.73 Å². The average molecular weight is 319 g/mol. The van der Waals surface area contributed by atoms with E-state index in [2.05, 4.69) is 26.9 Å². The fraction of sp³-hybridized carbons (Fsp3) is 0.278. The van der Waals surface area contributed by atoms with Crippen LogP contribution in [0, 0.1) is 24.7 Å². The quantitative estimate of drug-likeness (QED) is 0.701. The highest BCUT2D eigenvalue weighted by atomic mass is 16.3. The van der Waals surface area contributed by atoms with Crippen LogP contribution < -0.4 is 5.73 Å². The van der Waals surface area contributed by atoms with Gasteiger partial charge in [-0.3, -0.25) is 0 Å². The number of fused-ring (bicyclic) bond motifs is 1. The predicted octanol–water partition coefficient (Wildman–Crippen LogP) is 1.66. The van der Waals surface area contributed by atoms with Gasteiger partial charge in [0.05, 0.1) is 11.3 Å². The Labute approximate surface area is 139 Å². The Morgan fingerprint density at radius 1 is 1.29 bits per heavy atom. The first-order valence-electron chi connectivity index (χ1n) is 7.86. The van der Waals surface area contributed by atoms with E-state index in [1.54, 1.807) is 0 Å². The molecule has 2 aromatic heterocycles. The second kappa shape index (κ2) is 5.32. The van der Waals surface area contributed by atoms with E-state index in [0.29, 0.717) is 22.9 Å². The van der Waals surface area contributed by atoms with Crippen molar-refractivity contribution in [1.29, 1.82) is 0 Å². The molecular weight excluding hydrogens is 302 g/mol. The van der Waals surface area contributed by atoms with Crippen LogP contribution in [0.15, 0.2) is 36.7 Å². The Kier molecular flexibility index (Phi) is 3.25. The Morgan fingerprint density at radius 3 is 2.75 bits per heavy atom. The summed E-state index contributed by atoms with van der Waals surface area (Å²) in [4.78, 5) is 8.39. The number of aromatic nitrogens is 4. The van der Waals surface area contributed by atoms with E-state index in [9.17, 15) is 5.11 Å². The summed E-state index contributed by atoms with van der Waals surface area (Å²) in [5.41, 5.74) is 7.05. The molecule has 6 heteroatoms. The Bertz CT molecular complexity index is 965. The zero-order valence-electron chi connectivity index (χ0n) is 13.3. The van der Waals surface area contributed by atoms with Gasteiger partial charge in [-0.15, -0.1) is 0 Å². The van der Waals surface area contributed by atoms with Crippen molar-refractivity contribution in [3.05, 3.63) is 53.5 Å². The summed E-state index contributed by atoms with van der Waals surface area (Å²) in [6.45, 7) is 1.83. The van der Waals surface area contributed by atoms with E-state index in [-0.39, 0.29) is 5.92 Å². The summed E-state index contributed by atoms with van der Waals surface area (Å²) in [6, 6.07) is 9.55. The summed E-state index contributed by atoms with van der Waals surface area (Å²) in [7, 11) is 0. The van der Waals surface area contributed by atoms with Crippen LogP contribution in [-0.4, -0.2) is 24.7 Å². The van der Waals surface area contributed by atoms with Gasteiger partial charge in [-0.2, -0.15) is 14.6 Å². The number of aliphatic hydroxyl groups is 1. The first kappa shape index (κ1) is 14.7. The number of rotatable bonds is 2. The van der Waals surface area contributed by atoms with Crippen molar-refractivity contribution in [2.45, 2.75) is 25.4 Å².